The van der Waals surface area contributed by atoms with Gasteiger partial charge in [-0.2, -0.15) is 11.8 Å². The van der Waals surface area contributed by atoms with E-state index >= 15 is 0 Å². The van der Waals surface area contributed by atoms with Gasteiger partial charge >= 0.3 is 0 Å². The van der Waals surface area contributed by atoms with Crippen molar-refractivity contribution < 1.29 is 14.3 Å². The standard InChI is InChI=1S/C18H26N2O3S/c1-11-16(13(3)21)12(2)19-17(11)18(22)20(14-6-8-24-10-14)9-15-5-4-7-23-15/h14-15,19H,4-10H2,1-3H3/t14-,15-/m0/s1. The van der Waals surface area contributed by atoms with E-state index in [1.54, 1.807) is 6.92 Å². The predicted molar refractivity (Wildman–Crippen MR) is 96.0 cm³/mol. The number of aromatic nitrogens is 1. The van der Waals surface area contributed by atoms with Gasteiger partial charge in [0.25, 0.3) is 5.91 Å². The molecule has 2 atom stereocenters. The van der Waals surface area contributed by atoms with E-state index < -0.39 is 0 Å². The molecule has 1 amide bonds. The van der Waals surface area contributed by atoms with E-state index in [0.717, 1.165) is 48.6 Å². The highest BCUT2D eigenvalue weighted by Crippen LogP contribution is 2.27. The zero-order chi connectivity index (χ0) is 17.3. The second-order valence-electron chi connectivity index (χ2n) is 6.79. The summed E-state index contributed by atoms with van der Waals surface area (Å²) in [7, 11) is 0. The molecule has 2 aliphatic heterocycles. The van der Waals surface area contributed by atoms with E-state index in [9.17, 15) is 9.59 Å². The molecule has 0 saturated carbocycles. The lowest BCUT2D eigenvalue weighted by molar-refractivity contribution is 0.0437. The smallest absolute Gasteiger partial charge is 0.270 e. The third-order valence-corrected chi connectivity index (χ3v) is 6.18. The zero-order valence-electron chi connectivity index (χ0n) is 14.7. The quantitative estimate of drug-likeness (QED) is 0.830. The van der Waals surface area contributed by atoms with E-state index in [0.29, 0.717) is 17.8 Å². The Morgan fingerprint density at radius 2 is 2.12 bits per heavy atom. The number of rotatable bonds is 5. The number of carbonyl (C=O) groups is 2. The number of amides is 1. The molecule has 2 fully saturated rings. The molecule has 3 rings (SSSR count). The van der Waals surface area contributed by atoms with Crippen molar-refractivity contribution in [3.63, 3.8) is 0 Å². The molecule has 0 aromatic carbocycles. The Morgan fingerprint density at radius 1 is 1.33 bits per heavy atom. The first-order valence-electron chi connectivity index (χ1n) is 8.69. The second-order valence-corrected chi connectivity index (χ2v) is 7.94. The number of hydrogen-bond donors (Lipinski definition) is 1. The molecule has 6 heteroatoms. The van der Waals surface area contributed by atoms with Gasteiger partial charge < -0.3 is 14.6 Å². The SMILES string of the molecule is CC(=O)c1c(C)[nH]c(C(=O)N(C[C@@H]2CCCO2)[C@H]2CCSC2)c1C. The van der Waals surface area contributed by atoms with E-state index in [4.69, 9.17) is 4.74 Å². The summed E-state index contributed by atoms with van der Waals surface area (Å²) in [6.45, 7) is 6.71. The van der Waals surface area contributed by atoms with Crippen molar-refractivity contribution in [1.82, 2.24) is 9.88 Å². The number of nitrogens with zero attached hydrogens (tertiary/aromatic N) is 1. The molecule has 1 aromatic rings. The minimum absolute atomic E-state index is 0.00222. The molecular weight excluding hydrogens is 324 g/mol. The van der Waals surface area contributed by atoms with Crippen LogP contribution in [0.3, 0.4) is 0 Å². The van der Waals surface area contributed by atoms with Crippen LogP contribution in [0, 0.1) is 13.8 Å². The van der Waals surface area contributed by atoms with Crippen molar-refractivity contribution in [3.8, 4) is 0 Å². The zero-order valence-corrected chi connectivity index (χ0v) is 15.5. The van der Waals surface area contributed by atoms with Gasteiger partial charge in [0, 0.05) is 36.2 Å². The van der Waals surface area contributed by atoms with Gasteiger partial charge in [-0.25, -0.2) is 0 Å². The van der Waals surface area contributed by atoms with Gasteiger partial charge in [0.2, 0.25) is 0 Å². The number of Topliss-reactive ketones (excluding diaryl/α,β-unsaturated/α-hetero) is 1. The Bertz CT molecular complexity index is 628. The lowest BCUT2D eigenvalue weighted by Gasteiger charge is -2.30. The Morgan fingerprint density at radius 3 is 2.67 bits per heavy atom. The van der Waals surface area contributed by atoms with Crippen molar-refractivity contribution in [2.24, 2.45) is 0 Å². The first kappa shape index (κ1) is 17.5. The molecule has 3 heterocycles. The van der Waals surface area contributed by atoms with Crippen LogP contribution in [0.2, 0.25) is 0 Å². The summed E-state index contributed by atoms with van der Waals surface area (Å²) < 4.78 is 5.76. The summed E-state index contributed by atoms with van der Waals surface area (Å²) in [5.74, 6) is 2.09. The fourth-order valence-corrected chi connectivity index (χ4v) is 5.03. The number of aryl methyl sites for hydroxylation is 1. The second kappa shape index (κ2) is 7.31. The van der Waals surface area contributed by atoms with Gasteiger partial charge in [-0.15, -0.1) is 0 Å². The fraction of sp³-hybridized carbons (Fsp3) is 0.667. The topological polar surface area (TPSA) is 62.4 Å². The van der Waals surface area contributed by atoms with Crippen LogP contribution in [0.5, 0.6) is 0 Å². The Balaban J connectivity index is 1.87. The summed E-state index contributed by atoms with van der Waals surface area (Å²) in [5.41, 5.74) is 2.76. The largest absolute Gasteiger partial charge is 0.376 e. The van der Waals surface area contributed by atoms with Crippen LogP contribution in [-0.4, -0.2) is 58.4 Å². The first-order valence-corrected chi connectivity index (χ1v) is 9.85. The Labute approximate surface area is 147 Å². The molecule has 0 bridgehead atoms. The number of ketones is 1. The molecule has 1 N–H and O–H groups in total. The van der Waals surface area contributed by atoms with Gasteiger partial charge in [0.05, 0.1) is 6.10 Å². The maximum atomic E-state index is 13.2. The summed E-state index contributed by atoms with van der Waals surface area (Å²) in [5, 5.41) is 0. The van der Waals surface area contributed by atoms with Crippen LogP contribution in [0.4, 0.5) is 0 Å². The Hall–Kier alpha value is -1.27. The van der Waals surface area contributed by atoms with Crippen molar-refractivity contribution in [3.05, 3.63) is 22.5 Å². The molecule has 0 radical (unpaired) electrons. The van der Waals surface area contributed by atoms with E-state index in [1.165, 1.54) is 0 Å². The molecule has 24 heavy (non-hydrogen) atoms. The number of hydrogen-bond acceptors (Lipinski definition) is 4. The number of carbonyl (C=O) groups excluding carboxylic acids is 2. The number of ether oxygens (including phenoxy) is 1. The third kappa shape index (κ3) is 3.40. The van der Waals surface area contributed by atoms with Gasteiger partial charge in [-0.05, 0) is 51.3 Å². The number of thioether (sulfide) groups is 1. The lowest BCUT2D eigenvalue weighted by atomic mass is 10.1. The number of H-pyrrole nitrogens is 1. The van der Waals surface area contributed by atoms with Crippen molar-refractivity contribution in [1.29, 1.82) is 0 Å². The van der Waals surface area contributed by atoms with Gasteiger partial charge in [0.15, 0.2) is 5.78 Å². The highest BCUT2D eigenvalue weighted by Gasteiger charge is 2.33. The van der Waals surface area contributed by atoms with Crippen molar-refractivity contribution in [2.75, 3.05) is 24.7 Å². The minimum atomic E-state index is 0.00222. The van der Waals surface area contributed by atoms with Crippen LogP contribution >= 0.6 is 11.8 Å². The predicted octanol–water partition coefficient (Wildman–Crippen LogP) is 2.96. The monoisotopic (exact) mass is 350 g/mol. The van der Waals surface area contributed by atoms with Crippen LogP contribution in [0.25, 0.3) is 0 Å². The fourth-order valence-electron chi connectivity index (χ4n) is 3.81. The highest BCUT2D eigenvalue weighted by molar-refractivity contribution is 7.99. The van der Waals surface area contributed by atoms with Crippen LogP contribution in [0.15, 0.2) is 0 Å². The van der Waals surface area contributed by atoms with Gasteiger partial charge in [-0.3, -0.25) is 9.59 Å². The average Bonchev–Trinajstić information content (AvgIpc) is 3.25. The van der Waals surface area contributed by atoms with E-state index in [-0.39, 0.29) is 23.8 Å². The van der Waals surface area contributed by atoms with Gasteiger partial charge in [0.1, 0.15) is 5.69 Å². The van der Waals surface area contributed by atoms with Crippen LogP contribution in [0.1, 0.15) is 58.3 Å². The van der Waals surface area contributed by atoms with Crippen molar-refractivity contribution >= 4 is 23.5 Å². The van der Waals surface area contributed by atoms with Crippen LogP contribution < -0.4 is 0 Å². The normalized spacial score (nSPS) is 23.6. The molecule has 2 saturated heterocycles. The van der Waals surface area contributed by atoms with E-state index in [1.807, 2.05) is 30.5 Å². The highest BCUT2D eigenvalue weighted by atomic mass is 32.2. The van der Waals surface area contributed by atoms with E-state index in [2.05, 4.69) is 4.98 Å². The van der Waals surface area contributed by atoms with Crippen molar-refractivity contribution in [2.45, 2.75) is 52.2 Å². The number of aromatic amines is 1. The maximum absolute atomic E-state index is 13.2. The molecule has 0 aliphatic carbocycles. The summed E-state index contributed by atoms with van der Waals surface area (Å²) in [6, 6.07) is 0.260. The lowest BCUT2D eigenvalue weighted by Crippen LogP contribution is -2.45. The number of nitrogens with one attached hydrogen (secondary N) is 1. The molecule has 0 spiro atoms. The molecule has 2 aliphatic rings. The third-order valence-electron chi connectivity index (χ3n) is 5.04. The minimum Gasteiger partial charge on any atom is -0.376 e. The molecule has 5 nitrogen and oxygen atoms in total. The Kier molecular flexibility index (Phi) is 5.35. The maximum Gasteiger partial charge on any atom is 0.270 e. The molecular formula is C18H26N2O3S. The van der Waals surface area contributed by atoms with Crippen LogP contribution in [-0.2, 0) is 4.74 Å². The summed E-state index contributed by atoms with van der Waals surface area (Å²) in [6.07, 6.45) is 3.26. The summed E-state index contributed by atoms with van der Waals surface area (Å²) in [4.78, 5) is 30.3. The molecule has 1 aromatic heterocycles. The molecule has 132 valence electrons. The first-order chi connectivity index (χ1) is 11.5. The summed E-state index contributed by atoms with van der Waals surface area (Å²) >= 11 is 1.90. The van der Waals surface area contributed by atoms with Gasteiger partial charge in [-0.1, -0.05) is 0 Å². The molecule has 0 unspecified atom stereocenters. The average molecular weight is 350 g/mol.